The molecule has 2 heterocycles. The molecule has 1 fully saturated rings. The number of rotatable bonds is 4. The predicted octanol–water partition coefficient (Wildman–Crippen LogP) is 1.45. The molecule has 1 aliphatic rings. The van der Waals surface area contributed by atoms with Gasteiger partial charge in [0, 0.05) is 26.2 Å². The second kappa shape index (κ2) is 7.08. The van der Waals surface area contributed by atoms with Gasteiger partial charge in [-0.3, -0.25) is 0 Å². The maximum absolute atomic E-state index is 12.8. The van der Waals surface area contributed by atoms with E-state index in [9.17, 15) is 16.8 Å². The summed E-state index contributed by atoms with van der Waals surface area (Å²) in [7, 11) is -7.56. The molecule has 8 nitrogen and oxygen atoms in total. The summed E-state index contributed by atoms with van der Waals surface area (Å²) in [5, 5.41) is 5.94. The number of nitrogens with two attached hydrogens (primary N) is 1. The molecule has 0 unspecified atom stereocenters. The second-order valence-electron chi connectivity index (χ2n) is 6.37. The van der Waals surface area contributed by atoms with Crippen molar-refractivity contribution in [3.8, 4) is 0 Å². The Morgan fingerprint density at radius 1 is 0.857 bits per heavy atom. The highest BCUT2D eigenvalue weighted by Gasteiger charge is 2.29. The van der Waals surface area contributed by atoms with Gasteiger partial charge in [0.05, 0.1) is 20.0 Å². The van der Waals surface area contributed by atoms with E-state index >= 15 is 0 Å². The van der Waals surface area contributed by atoms with E-state index in [-0.39, 0.29) is 9.79 Å². The second-order valence-corrected chi connectivity index (χ2v) is 10.9. The van der Waals surface area contributed by atoms with Crippen molar-refractivity contribution in [1.29, 1.82) is 0 Å². The van der Waals surface area contributed by atoms with Gasteiger partial charge in [-0.2, -0.15) is 4.31 Å². The van der Waals surface area contributed by atoms with Gasteiger partial charge < -0.3 is 4.90 Å². The summed E-state index contributed by atoms with van der Waals surface area (Å²) in [4.78, 5) is 6.64. The molecule has 0 aliphatic carbocycles. The summed E-state index contributed by atoms with van der Waals surface area (Å²) in [6.07, 6.45) is 0. The average molecular weight is 439 g/mol. The summed E-state index contributed by atoms with van der Waals surface area (Å²) >= 11 is 1.59. The Bertz CT molecular complexity index is 1180. The first kappa shape index (κ1) is 19.3. The maximum atomic E-state index is 12.8. The Labute approximate surface area is 167 Å². The molecule has 11 heteroatoms. The van der Waals surface area contributed by atoms with Crippen LogP contribution in [-0.4, -0.2) is 52.3 Å². The Hall–Kier alpha value is -2.05. The van der Waals surface area contributed by atoms with Crippen LogP contribution in [0.5, 0.6) is 0 Å². The van der Waals surface area contributed by atoms with Crippen molar-refractivity contribution >= 4 is 46.7 Å². The Kier molecular flexibility index (Phi) is 4.88. The summed E-state index contributed by atoms with van der Waals surface area (Å²) < 4.78 is 50.9. The molecule has 3 aromatic rings. The third kappa shape index (κ3) is 3.63. The highest BCUT2D eigenvalue weighted by atomic mass is 32.2. The average Bonchev–Trinajstić information content (AvgIpc) is 3.12. The van der Waals surface area contributed by atoms with E-state index in [1.807, 2.05) is 24.3 Å². The Morgan fingerprint density at radius 2 is 1.46 bits per heavy atom. The van der Waals surface area contributed by atoms with Crippen LogP contribution in [0.15, 0.2) is 58.3 Å². The number of anilines is 1. The lowest BCUT2D eigenvalue weighted by molar-refractivity contribution is 0.385. The smallest absolute Gasteiger partial charge is 0.243 e. The highest BCUT2D eigenvalue weighted by Crippen LogP contribution is 2.30. The Balaban J connectivity index is 1.49. The number of fused-ring (bicyclic) bond motifs is 1. The molecule has 1 aliphatic heterocycles. The van der Waals surface area contributed by atoms with Crippen LogP contribution < -0.4 is 10.0 Å². The molecule has 2 aromatic carbocycles. The van der Waals surface area contributed by atoms with Gasteiger partial charge in [-0.15, -0.1) is 0 Å². The van der Waals surface area contributed by atoms with Gasteiger partial charge in [-0.05, 0) is 36.4 Å². The zero-order valence-corrected chi connectivity index (χ0v) is 17.2. The third-order valence-electron chi connectivity index (χ3n) is 4.58. The summed E-state index contributed by atoms with van der Waals surface area (Å²) in [6, 6.07) is 12.8. The SMILES string of the molecule is NS(=O)(=O)c1ccc(S(=O)(=O)N2CCN(c3nc4ccccc4s3)CC2)cc1. The number of piperazine rings is 1. The number of sulfonamides is 2. The first-order chi connectivity index (χ1) is 13.2. The lowest BCUT2D eigenvalue weighted by Gasteiger charge is -2.33. The van der Waals surface area contributed by atoms with E-state index in [1.165, 1.54) is 28.6 Å². The van der Waals surface area contributed by atoms with Gasteiger partial charge in [-0.25, -0.2) is 27.0 Å². The highest BCUT2D eigenvalue weighted by molar-refractivity contribution is 7.89. The standard InChI is InChI=1S/C17H18N4O4S3/c18-27(22,23)13-5-7-14(8-6-13)28(24,25)21-11-9-20(10-12-21)17-19-15-3-1-2-4-16(15)26-17/h1-8H,9-12H2,(H2,18,22,23). The first-order valence-corrected chi connectivity index (χ1v) is 12.3. The zero-order chi connectivity index (χ0) is 19.9. The normalized spacial score (nSPS) is 16.5. The predicted molar refractivity (Wildman–Crippen MR) is 108 cm³/mol. The maximum Gasteiger partial charge on any atom is 0.243 e. The van der Waals surface area contributed by atoms with E-state index in [4.69, 9.17) is 5.14 Å². The molecule has 1 saturated heterocycles. The molecule has 0 radical (unpaired) electrons. The molecule has 0 atom stereocenters. The number of para-hydroxylation sites is 1. The summed E-state index contributed by atoms with van der Waals surface area (Å²) in [5.74, 6) is 0. The van der Waals surface area contributed by atoms with Gasteiger partial charge in [0.1, 0.15) is 0 Å². The first-order valence-electron chi connectivity index (χ1n) is 8.49. The van der Waals surface area contributed by atoms with Crippen molar-refractivity contribution in [3.05, 3.63) is 48.5 Å². The van der Waals surface area contributed by atoms with E-state index in [0.29, 0.717) is 26.2 Å². The van der Waals surface area contributed by atoms with Crippen LogP contribution in [-0.2, 0) is 20.0 Å². The number of hydrogen-bond acceptors (Lipinski definition) is 7. The van der Waals surface area contributed by atoms with Crippen LogP contribution in [0.4, 0.5) is 5.13 Å². The largest absolute Gasteiger partial charge is 0.345 e. The summed E-state index contributed by atoms with van der Waals surface area (Å²) in [6.45, 7) is 1.73. The van der Waals surface area contributed by atoms with Crippen molar-refractivity contribution < 1.29 is 16.8 Å². The minimum Gasteiger partial charge on any atom is -0.345 e. The van der Waals surface area contributed by atoms with Gasteiger partial charge in [0.2, 0.25) is 20.0 Å². The van der Waals surface area contributed by atoms with Gasteiger partial charge in [-0.1, -0.05) is 23.5 Å². The molecule has 0 amide bonds. The van der Waals surface area contributed by atoms with E-state index < -0.39 is 20.0 Å². The number of benzene rings is 2. The number of hydrogen-bond donors (Lipinski definition) is 1. The molecule has 4 rings (SSSR count). The fraction of sp³-hybridized carbons (Fsp3) is 0.235. The van der Waals surface area contributed by atoms with Crippen LogP contribution in [0.25, 0.3) is 10.2 Å². The summed E-state index contributed by atoms with van der Waals surface area (Å²) in [5.41, 5.74) is 0.937. The van der Waals surface area contributed by atoms with Crippen molar-refractivity contribution in [2.24, 2.45) is 5.14 Å². The van der Waals surface area contributed by atoms with Gasteiger partial charge >= 0.3 is 0 Å². The van der Waals surface area contributed by atoms with Crippen LogP contribution in [0.3, 0.4) is 0 Å². The fourth-order valence-corrected chi connectivity index (χ4v) is 6.02. The zero-order valence-electron chi connectivity index (χ0n) is 14.7. The quantitative estimate of drug-likeness (QED) is 0.660. The minimum atomic E-state index is -3.86. The van der Waals surface area contributed by atoms with E-state index in [0.717, 1.165) is 15.3 Å². The third-order valence-corrected chi connectivity index (χ3v) is 8.52. The number of aromatic nitrogens is 1. The lowest BCUT2D eigenvalue weighted by Crippen LogP contribution is -2.48. The van der Waals surface area contributed by atoms with Crippen molar-refractivity contribution in [2.75, 3.05) is 31.1 Å². The lowest BCUT2D eigenvalue weighted by atomic mass is 10.3. The molecule has 1 aromatic heterocycles. The van der Waals surface area contributed by atoms with Crippen molar-refractivity contribution in [3.63, 3.8) is 0 Å². The molecule has 148 valence electrons. The van der Waals surface area contributed by atoms with Crippen molar-refractivity contribution in [2.45, 2.75) is 9.79 Å². The fourth-order valence-electron chi connectivity index (χ4n) is 3.07. The van der Waals surface area contributed by atoms with Crippen LogP contribution in [0.2, 0.25) is 0 Å². The molecule has 0 bridgehead atoms. The molecule has 0 saturated carbocycles. The van der Waals surface area contributed by atoms with Gasteiger partial charge in [0.25, 0.3) is 0 Å². The van der Waals surface area contributed by atoms with Crippen LogP contribution in [0, 0.1) is 0 Å². The van der Waals surface area contributed by atoms with E-state index in [2.05, 4.69) is 9.88 Å². The Morgan fingerprint density at radius 3 is 2.07 bits per heavy atom. The topological polar surface area (TPSA) is 114 Å². The van der Waals surface area contributed by atoms with E-state index in [1.54, 1.807) is 11.3 Å². The molecule has 2 N–H and O–H groups in total. The van der Waals surface area contributed by atoms with Crippen LogP contribution in [0.1, 0.15) is 0 Å². The number of thiazole rings is 1. The minimum absolute atomic E-state index is 0.0494. The molecular weight excluding hydrogens is 420 g/mol. The molecular formula is C17H18N4O4S3. The number of nitrogens with zero attached hydrogens (tertiary/aromatic N) is 3. The van der Waals surface area contributed by atoms with Crippen LogP contribution >= 0.6 is 11.3 Å². The number of primary sulfonamides is 1. The van der Waals surface area contributed by atoms with Gasteiger partial charge in [0.15, 0.2) is 5.13 Å². The molecule has 28 heavy (non-hydrogen) atoms. The monoisotopic (exact) mass is 438 g/mol. The molecule has 0 spiro atoms. The van der Waals surface area contributed by atoms with Crippen molar-refractivity contribution in [1.82, 2.24) is 9.29 Å².